The van der Waals surface area contributed by atoms with E-state index in [1.807, 2.05) is 0 Å². The maximum absolute atomic E-state index is 13.5. The van der Waals surface area contributed by atoms with E-state index in [2.05, 4.69) is 15.4 Å². The smallest absolute Gasteiger partial charge is 0.350 e. The van der Waals surface area contributed by atoms with Crippen molar-refractivity contribution in [1.29, 1.82) is 0 Å². The summed E-state index contributed by atoms with van der Waals surface area (Å²) < 4.78 is 30.9. The van der Waals surface area contributed by atoms with E-state index in [4.69, 9.17) is 0 Å². The molecule has 6 nitrogen and oxygen atoms in total. The largest absolute Gasteiger partial charge is 0.465 e. The maximum Gasteiger partial charge on any atom is 0.350 e. The summed E-state index contributed by atoms with van der Waals surface area (Å²) in [5, 5.41) is 6.71. The number of nitrogens with one attached hydrogen (secondary N) is 2. The number of ether oxygens (including phenoxy) is 1. The van der Waals surface area contributed by atoms with Crippen molar-refractivity contribution in [3.63, 3.8) is 0 Å². The van der Waals surface area contributed by atoms with E-state index in [1.54, 1.807) is 11.4 Å². The third-order valence-electron chi connectivity index (χ3n) is 3.35. The van der Waals surface area contributed by atoms with Crippen LogP contribution in [-0.2, 0) is 9.53 Å². The zero-order valence-electron chi connectivity index (χ0n) is 13.8. The van der Waals surface area contributed by atoms with Gasteiger partial charge in [0, 0.05) is 19.0 Å². The van der Waals surface area contributed by atoms with Crippen LogP contribution in [0.5, 0.6) is 0 Å². The van der Waals surface area contributed by atoms with Crippen LogP contribution in [0.2, 0.25) is 0 Å². The molecule has 0 saturated carbocycles. The number of esters is 1. The SMILES string of the molecule is COC(=O)c1sccc1NC(=O)CCCNC(=O)c1ccc(F)cc1F. The van der Waals surface area contributed by atoms with Gasteiger partial charge in [-0.25, -0.2) is 13.6 Å². The lowest BCUT2D eigenvalue weighted by atomic mass is 10.2. The summed E-state index contributed by atoms with van der Waals surface area (Å²) in [4.78, 5) is 35.5. The molecule has 1 aromatic carbocycles. The molecule has 2 amide bonds. The Bertz CT molecular complexity index is 823. The number of anilines is 1. The number of carbonyl (C=O) groups excluding carboxylic acids is 3. The highest BCUT2D eigenvalue weighted by Crippen LogP contribution is 2.23. The molecule has 1 aromatic heterocycles. The molecular formula is C17H16F2N2O4S. The number of rotatable bonds is 7. The van der Waals surface area contributed by atoms with Crippen molar-refractivity contribution in [2.24, 2.45) is 0 Å². The molecule has 138 valence electrons. The monoisotopic (exact) mass is 382 g/mol. The van der Waals surface area contributed by atoms with Crippen LogP contribution < -0.4 is 10.6 Å². The van der Waals surface area contributed by atoms with E-state index in [9.17, 15) is 23.2 Å². The van der Waals surface area contributed by atoms with Gasteiger partial charge >= 0.3 is 5.97 Å². The van der Waals surface area contributed by atoms with Gasteiger partial charge in [0.05, 0.1) is 18.4 Å². The molecule has 26 heavy (non-hydrogen) atoms. The van der Waals surface area contributed by atoms with Gasteiger partial charge in [-0.1, -0.05) is 0 Å². The molecular weight excluding hydrogens is 366 g/mol. The molecule has 2 N–H and O–H groups in total. The highest BCUT2D eigenvalue weighted by Gasteiger charge is 2.16. The van der Waals surface area contributed by atoms with E-state index in [-0.39, 0.29) is 24.4 Å². The number of thiophene rings is 1. The Morgan fingerprint density at radius 3 is 2.65 bits per heavy atom. The van der Waals surface area contributed by atoms with Crippen molar-refractivity contribution in [1.82, 2.24) is 5.32 Å². The minimum atomic E-state index is -0.951. The van der Waals surface area contributed by atoms with Crippen LogP contribution in [0.3, 0.4) is 0 Å². The van der Waals surface area contributed by atoms with E-state index in [0.717, 1.165) is 23.5 Å². The van der Waals surface area contributed by atoms with Gasteiger partial charge in [-0.15, -0.1) is 11.3 Å². The van der Waals surface area contributed by atoms with Crippen molar-refractivity contribution in [3.8, 4) is 0 Å². The molecule has 1 heterocycles. The molecule has 0 fully saturated rings. The Labute approximate surface area is 152 Å². The number of halogens is 2. The fourth-order valence-corrected chi connectivity index (χ4v) is 2.86. The first-order valence-corrected chi connectivity index (χ1v) is 8.49. The minimum Gasteiger partial charge on any atom is -0.465 e. The Hall–Kier alpha value is -2.81. The van der Waals surface area contributed by atoms with E-state index >= 15 is 0 Å². The molecule has 0 unspecified atom stereocenters. The molecule has 2 rings (SSSR count). The quantitative estimate of drug-likeness (QED) is 0.570. The Balaban J connectivity index is 1.77. The van der Waals surface area contributed by atoms with Crippen LogP contribution >= 0.6 is 11.3 Å². The van der Waals surface area contributed by atoms with Gasteiger partial charge in [0.25, 0.3) is 5.91 Å². The lowest BCUT2D eigenvalue weighted by molar-refractivity contribution is -0.116. The highest BCUT2D eigenvalue weighted by atomic mass is 32.1. The number of hydrogen-bond donors (Lipinski definition) is 2. The van der Waals surface area contributed by atoms with Crippen LogP contribution in [0, 0.1) is 11.6 Å². The topological polar surface area (TPSA) is 84.5 Å². The Morgan fingerprint density at radius 2 is 1.96 bits per heavy atom. The fraction of sp³-hybridized carbons (Fsp3) is 0.235. The summed E-state index contributed by atoms with van der Waals surface area (Å²) in [7, 11) is 1.25. The first-order chi connectivity index (χ1) is 12.4. The standard InChI is InChI=1S/C17H16F2N2O4S/c1-25-17(24)15-13(6-8-26-15)21-14(22)3-2-7-20-16(23)11-5-4-10(18)9-12(11)19/h4-6,8-9H,2-3,7H2,1H3,(H,20,23)(H,21,22). The van der Waals surface area contributed by atoms with Crippen molar-refractivity contribution < 1.29 is 27.9 Å². The summed E-state index contributed by atoms with van der Waals surface area (Å²) in [5.41, 5.74) is 0.0983. The van der Waals surface area contributed by atoms with Gasteiger partial charge in [0.2, 0.25) is 5.91 Å². The number of benzene rings is 1. The number of amides is 2. The fourth-order valence-electron chi connectivity index (χ4n) is 2.09. The minimum absolute atomic E-state index is 0.0860. The second-order valence-corrected chi connectivity index (χ2v) is 6.10. The highest BCUT2D eigenvalue weighted by molar-refractivity contribution is 7.12. The molecule has 0 saturated heterocycles. The van der Waals surface area contributed by atoms with Crippen LogP contribution in [0.1, 0.15) is 32.9 Å². The molecule has 0 aliphatic heterocycles. The van der Waals surface area contributed by atoms with E-state index in [0.29, 0.717) is 23.1 Å². The number of carbonyl (C=O) groups is 3. The molecule has 9 heteroatoms. The molecule has 2 aromatic rings. The molecule has 0 radical (unpaired) electrons. The van der Waals surface area contributed by atoms with Gasteiger partial charge in [0.15, 0.2) is 0 Å². The van der Waals surface area contributed by atoms with Gasteiger partial charge in [-0.3, -0.25) is 9.59 Å². The number of methoxy groups -OCH3 is 1. The van der Waals surface area contributed by atoms with Crippen molar-refractivity contribution >= 4 is 34.8 Å². The van der Waals surface area contributed by atoms with Crippen molar-refractivity contribution in [3.05, 3.63) is 51.7 Å². The average molecular weight is 382 g/mol. The summed E-state index contributed by atoms with van der Waals surface area (Å²) in [5.74, 6) is -3.28. The van der Waals surface area contributed by atoms with Crippen LogP contribution in [0.15, 0.2) is 29.6 Å². The van der Waals surface area contributed by atoms with Gasteiger partial charge in [0.1, 0.15) is 16.5 Å². The third-order valence-corrected chi connectivity index (χ3v) is 4.25. The van der Waals surface area contributed by atoms with Crippen LogP contribution in [0.4, 0.5) is 14.5 Å². The number of hydrogen-bond acceptors (Lipinski definition) is 5. The van der Waals surface area contributed by atoms with Crippen LogP contribution in [-0.4, -0.2) is 31.4 Å². The zero-order valence-corrected chi connectivity index (χ0v) is 14.6. The van der Waals surface area contributed by atoms with Crippen molar-refractivity contribution in [2.45, 2.75) is 12.8 Å². The predicted molar refractivity (Wildman–Crippen MR) is 92.2 cm³/mol. The first-order valence-electron chi connectivity index (χ1n) is 7.61. The lowest BCUT2D eigenvalue weighted by Crippen LogP contribution is -2.26. The lowest BCUT2D eigenvalue weighted by Gasteiger charge is -2.07. The molecule has 0 spiro atoms. The Morgan fingerprint density at radius 1 is 1.19 bits per heavy atom. The second-order valence-electron chi connectivity index (χ2n) is 5.19. The normalized spacial score (nSPS) is 10.3. The van der Waals surface area contributed by atoms with Gasteiger partial charge < -0.3 is 15.4 Å². The maximum atomic E-state index is 13.5. The zero-order chi connectivity index (χ0) is 19.1. The molecule has 0 aliphatic carbocycles. The van der Waals surface area contributed by atoms with Crippen LogP contribution in [0.25, 0.3) is 0 Å². The molecule has 0 atom stereocenters. The Kier molecular flexibility index (Phi) is 6.79. The predicted octanol–water partition coefficient (Wildman–Crippen LogP) is 2.96. The summed E-state index contributed by atoms with van der Waals surface area (Å²) in [6, 6.07) is 4.26. The molecule has 0 bridgehead atoms. The summed E-state index contributed by atoms with van der Waals surface area (Å²) >= 11 is 1.15. The van der Waals surface area contributed by atoms with Gasteiger partial charge in [-0.05, 0) is 30.0 Å². The third kappa shape index (κ3) is 5.09. The van der Waals surface area contributed by atoms with E-state index in [1.165, 1.54) is 7.11 Å². The summed E-state index contributed by atoms with van der Waals surface area (Å²) in [6.45, 7) is 0.135. The second kappa shape index (κ2) is 9.04. The first kappa shape index (κ1) is 19.5. The molecule has 0 aliphatic rings. The van der Waals surface area contributed by atoms with E-state index < -0.39 is 23.5 Å². The summed E-state index contributed by atoms with van der Waals surface area (Å²) in [6.07, 6.45) is 0.390. The van der Waals surface area contributed by atoms with Gasteiger partial charge in [-0.2, -0.15) is 0 Å². The average Bonchev–Trinajstić information content (AvgIpc) is 3.05. The van der Waals surface area contributed by atoms with Crippen molar-refractivity contribution in [2.75, 3.05) is 19.0 Å².